The van der Waals surface area contributed by atoms with Crippen molar-refractivity contribution in [3.8, 4) is 0 Å². The van der Waals surface area contributed by atoms with E-state index >= 15 is 0 Å². The Kier molecular flexibility index (Phi) is 3.94. The molecule has 1 aromatic rings. The summed E-state index contributed by atoms with van der Waals surface area (Å²) in [5.41, 5.74) is 1.51. The van der Waals surface area contributed by atoms with Crippen molar-refractivity contribution in [2.24, 2.45) is 0 Å². The zero-order valence-corrected chi connectivity index (χ0v) is 12.7. The molecule has 0 saturated carbocycles. The molecular formula is C15H23NO2S. The second-order valence-electron chi connectivity index (χ2n) is 5.77. The van der Waals surface area contributed by atoms with Crippen LogP contribution >= 0.6 is 11.3 Å². The van der Waals surface area contributed by atoms with E-state index in [1.54, 1.807) is 0 Å². The topological polar surface area (TPSA) is 21.7 Å². The van der Waals surface area contributed by atoms with Crippen molar-refractivity contribution in [2.45, 2.75) is 44.9 Å². The first-order valence-electron chi connectivity index (χ1n) is 7.22. The van der Waals surface area contributed by atoms with E-state index in [-0.39, 0.29) is 5.60 Å². The van der Waals surface area contributed by atoms with Crippen LogP contribution in [0.3, 0.4) is 0 Å². The first-order chi connectivity index (χ1) is 9.21. The SMILES string of the molecule is CCO[C@H]1CCOC2(C1)CN(Cc1sccc1C)C2. The first-order valence-corrected chi connectivity index (χ1v) is 8.10. The fourth-order valence-corrected chi connectivity index (χ4v) is 4.18. The molecule has 2 saturated heterocycles. The molecule has 0 unspecified atom stereocenters. The molecule has 1 spiro atoms. The maximum atomic E-state index is 6.04. The van der Waals surface area contributed by atoms with Gasteiger partial charge < -0.3 is 9.47 Å². The van der Waals surface area contributed by atoms with E-state index < -0.39 is 0 Å². The Morgan fingerprint density at radius 1 is 1.53 bits per heavy atom. The fraction of sp³-hybridized carbons (Fsp3) is 0.733. The van der Waals surface area contributed by atoms with Crippen LogP contribution in [-0.4, -0.2) is 42.9 Å². The minimum atomic E-state index is 0.0866. The summed E-state index contributed by atoms with van der Waals surface area (Å²) in [5.74, 6) is 0. The summed E-state index contributed by atoms with van der Waals surface area (Å²) in [6, 6.07) is 2.21. The highest BCUT2D eigenvalue weighted by Gasteiger charge is 2.47. The average molecular weight is 281 g/mol. The number of hydrogen-bond donors (Lipinski definition) is 0. The molecule has 2 fully saturated rings. The predicted molar refractivity (Wildman–Crippen MR) is 77.7 cm³/mol. The monoisotopic (exact) mass is 281 g/mol. The Bertz CT molecular complexity index is 424. The second-order valence-corrected chi connectivity index (χ2v) is 6.77. The Hall–Kier alpha value is -0.420. The second kappa shape index (κ2) is 5.52. The summed E-state index contributed by atoms with van der Waals surface area (Å²) < 4.78 is 11.8. The van der Waals surface area contributed by atoms with Crippen molar-refractivity contribution in [1.29, 1.82) is 0 Å². The first kappa shape index (κ1) is 13.6. The predicted octanol–water partition coefficient (Wildman–Crippen LogP) is 2.83. The summed E-state index contributed by atoms with van der Waals surface area (Å²) in [4.78, 5) is 3.99. The molecule has 3 heterocycles. The number of hydrogen-bond acceptors (Lipinski definition) is 4. The van der Waals surface area contributed by atoms with Crippen molar-refractivity contribution in [2.75, 3.05) is 26.3 Å². The quantitative estimate of drug-likeness (QED) is 0.847. The Labute approximate surface area is 119 Å². The zero-order valence-electron chi connectivity index (χ0n) is 11.9. The molecule has 0 aromatic carbocycles. The minimum absolute atomic E-state index is 0.0866. The van der Waals surface area contributed by atoms with Crippen molar-refractivity contribution < 1.29 is 9.47 Å². The Morgan fingerprint density at radius 3 is 3.05 bits per heavy atom. The van der Waals surface area contributed by atoms with E-state index in [2.05, 4.69) is 30.2 Å². The fourth-order valence-electron chi connectivity index (χ4n) is 3.23. The lowest BCUT2D eigenvalue weighted by molar-refractivity contribution is -0.198. The van der Waals surface area contributed by atoms with E-state index in [9.17, 15) is 0 Å². The molecule has 2 aliphatic rings. The summed E-state index contributed by atoms with van der Waals surface area (Å²) in [5, 5.41) is 2.18. The number of thiophene rings is 1. The third-order valence-corrected chi connectivity index (χ3v) is 5.22. The van der Waals surface area contributed by atoms with Gasteiger partial charge in [-0.1, -0.05) is 0 Å². The van der Waals surface area contributed by atoms with Gasteiger partial charge in [0.15, 0.2) is 0 Å². The lowest BCUT2D eigenvalue weighted by atomic mass is 9.84. The van der Waals surface area contributed by atoms with Gasteiger partial charge in [-0.3, -0.25) is 4.90 Å². The maximum absolute atomic E-state index is 6.04. The van der Waals surface area contributed by atoms with Crippen LogP contribution in [0.2, 0.25) is 0 Å². The van der Waals surface area contributed by atoms with Gasteiger partial charge in [-0.25, -0.2) is 0 Å². The molecule has 1 atom stereocenters. The maximum Gasteiger partial charge on any atom is 0.0959 e. The van der Waals surface area contributed by atoms with Gasteiger partial charge in [0.05, 0.1) is 11.7 Å². The highest BCUT2D eigenvalue weighted by Crippen LogP contribution is 2.36. The molecule has 2 aliphatic heterocycles. The highest BCUT2D eigenvalue weighted by atomic mass is 32.1. The van der Waals surface area contributed by atoms with Gasteiger partial charge in [0.1, 0.15) is 0 Å². The average Bonchev–Trinajstić information content (AvgIpc) is 2.74. The van der Waals surface area contributed by atoms with Crippen LogP contribution in [0.1, 0.15) is 30.2 Å². The molecule has 106 valence electrons. The van der Waals surface area contributed by atoms with E-state index in [4.69, 9.17) is 9.47 Å². The van der Waals surface area contributed by atoms with Crippen LogP contribution in [0.5, 0.6) is 0 Å². The Balaban J connectivity index is 1.52. The van der Waals surface area contributed by atoms with Gasteiger partial charge >= 0.3 is 0 Å². The zero-order chi connectivity index (χ0) is 13.3. The van der Waals surface area contributed by atoms with Crippen LogP contribution in [0, 0.1) is 6.92 Å². The van der Waals surface area contributed by atoms with E-state index in [1.807, 2.05) is 11.3 Å². The summed E-state index contributed by atoms with van der Waals surface area (Å²) in [6.45, 7) is 9.16. The van der Waals surface area contributed by atoms with Gasteiger partial charge in [0.25, 0.3) is 0 Å². The van der Waals surface area contributed by atoms with E-state index in [1.165, 1.54) is 10.4 Å². The van der Waals surface area contributed by atoms with Crippen molar-refractivity contribution >= 4 is 11.3 Å². The smallest absolute Gasteiger partial charge is 0.0959 e. The lowest BCUT2D eigenvalue weighted by Gasteiger charge is -2.53. The van der Waals surface area contributed by atoms with E-state index in [0.717, 1.165) is 45.7 Å². The van der Waals surface area contributed by atoms with Gasteiger partial charge in [-0.15, -0.1) is 11.3 Å². The van der Waals surface area contributed by atoms with Crippen molar-refractivity contribution in [1.82, 2.24) is 4.90 Å². The largest absolute Gasteiger partial charge is 0.378 e. The third kappa shape index (κ3) is 2.87. The van der Waals surface area contributed by atoms with Crippen molar-refractivity contribution in [3.63, 3.8) is 0 Å². The van der Waals surface area contributed by atoms with Crippen LogP contribution in [0.15, 0.2) is 11.4 Å². The number of nitrogens with zero attached hydrogens (tertiary/aromatic N) is 1. The summed E-state index contributed by atoms with van der Waals surface area (Å²) in [7, 11) is 0. The van der Waals surface area contributed by atoms with Gasteiger partial charge in [-0.05, 0) is 37.3 Å². The van der Waals surface area contributed by atoms with Gasteiger partial charge in [0, 0.05) is 44.1 Å². The number of ether oxygens (including phenoxy) is 2. The highest BCUT2D eigenvalue weighted by molar-refractivity contribution is 7.10. The molecule has 3 nitrogen and oxygen atoms in total. The van der Waals surface area contributed by atoms with Crippen LogP contribution < -0.4 is 0 Å². The lowest BCUT2D eigenvalue weighted by Crippen LogP contribution is -2.65. The summed E-state index contributed by atoms with van der Waals surface area (Å²) in [6.07, 6.45) is 2.53. The molecule has 3 rings (SSSR count). The summed E-state index contributed by atoms with van der Waals surface area (Å²) >= 11 is 1.86. The number of rotatable bonds is 4. The molecule has 0 amide bonds. The van der Waals surface area contributed by atoms with Gasteiger partial charge in [0.2, 0.25) is 0 Å². The van der Waals surface area contributed by atoms with Crippen LogP contribution in [-0.2, 0) is 16.0 Å². The minimum Gasteiger partial charge on any atom is -0.378 e. The third-order valence-electron chi connectivity index (χ3n) is 4.21. The van der Waals surface area contributed by atoms with Crippen molar-refractivity contribution in [3.05, 3.63) is 21.9 Å². The molecule has 0 N–H and O–H groups in total. The van der Waals surface area contributed by atoms with Gasteiger partial charge in [-0.2, -0.15) is 0 Å². The van der Waals surface area contributed by atoms with Crippen LogP contribution in [0.25, 0.3) is 0 Å². The number of aryl methyl sites for hydroxylation is 1. The normalized spacial score (nSPS) is 26.5. The molecule has 1 aromatic heterocycles. The molecule has 4 heteroatoms. The molecular weight excluding hydrogens is 258 g/mol. The standard InChI is InChI=1S/C15H23NO2S/c1-3-17-13-4-6-18-15(8-13)10-16(11-15)9-14-12(2)5-7-19-14/h5,7,13H,3-4,6,8-11H2,1-2H3/t13-/m0/s1. The molecule has 0 aliphatic carbocycles. The number of likely N-dealkylation sites (tertiary alicyclic amines) is 1. The molecule has 0 bridgehead atoms. The molecule has 0 radical (unpaired) electrons. The van der Waals surface area contributed by atoms with Crippen LogP contribution in [0.4, 0.5) is 0 Å². The molecule has 19 heavy (non-hydrogen) atoms. The Morgan fingerprint density at radius 2 is 2.37 bits per heavy atom. The van der Waals surface area contributed by atoms with E-state index in [0.29, 0.717) is 6.10 Å².